The number of aryl methyl sites for hydroxylation is 1. The minimum absolute atomic E-state index is 0.0651. The van der Waals surface area contributed by atoms with E-state index in [0.29, 0.717) is 24.0 Å². The quantitative estimate of drug-likeness (QED) is 0.810. The Balaban J connectivity index is 2.13. The molecule has 0 atom stereocenters. The number of amides is 1. The molecule has 1 aliphatic rings. The molecule has 1 aliphatic heterocycles. The predicted octanol–water partition coefficient (Wildman–Crippen LogP) is 2.95. The number of likely N-dealkylation sites (tertiary alicyclic amines) is 1. The number of rotatable bonds is 6. The van der Waals surface area contributed by atoms with Crippen LogP contribution in [0.4, 0.5) is 0 Å². The molecule has 2 rings (SSSR count). The number of nitrogens with zero attached hydrogens (tertiary/aromatic N) is 3. The molecule has 0 bridgehead atoms. The van der Waals surface area contributed by atoms with Crippen molar-refractivity contribution in [2.24, 2.45) is 5.92 Å². The van der Waals surface area contributed by atoms with Crippen molar-refractivity contribution in [3.05, 3.63) is 11.8 Å². The molecule has 0 aromatic carbocycles. The van der Waals surface area contributed by atoms with Crippen molar-refractivity contribution in [3.8, 4) is 5.88 Å². The van der Waals surface area contributed by atoms with Crippen LogP contribution < -0.4 is 4.74 Å². The summed E-state index contributed by atoms with van der Waals surface area (Å²) in [5.41, 5.74) is 0.617. The first kappa shape index (κ1) is 15.9. The Morgan fingerprint density at radius 1 is 1.33 bits per heavy atom. The van der Waals surface area contributed by atoms with Gasteiger partial charge in [-0.3, -0.25) is 9.48 Å². The first-order valence-electron chi connectivity index (χ1n) is 8.15. The molecule has 0 spiro atoms. The van der Waals surface area contributed by atoms with E-state index in [1.807, 2.05) is 15.8 Å². The van der Waals surface area contributed by atoms with Gasteiger partial charge in [0.1, 0.15) is 5.56 Å². The molecule has 0 aliphatic carbocycles. The van der Waals surface area contributed by atoms with Crippen LogP contribution in [0, 0.1) is 5.92 Å². The van der Waals surface area contributed by atoms with Crippen LogP contribution in [0.1, 0.15) is 56.8 Å². The van der Waals surface area contributed by atoms with Gasteiger partial charge in [0.05, 0.1) is 6.61 Å². The van der Waals surface area contributed by atoms with E-state index in [4.69, 9.17) is 4.74 Å². The third-order valence-corrected chi connectivity index (χ3v) is 3.92. The van der Waals surface area contributed by atoms with E-state index in [1.165, 1.54) is 0 Å². The third kappa shape index (κ3) is 3.99. The van der Waals surface area contributed by atoms with Gasteiger partial charge < -0.3 is 9.64 Å². The topological polar surface area (TPSA) is 47.4 Å². The maximum atomic E-state index is 12.7. The van der Waals surface area contributed by atoms with Crippen LogP contribution in [0.2, 0.25) is 0 Å². The average molecular weight is 293 g/mol. The second-order valence-electron chi connectivity index (χ2n) is 5.93. The molecule has 0 unspecified atom stereocenters. The molecule has 0 radical (unpaired) electrons. The van der Waals surface area contributed by atoms with Crippen molar-refractivity contribution in [2.45, 2.75) is 53.0 Å². The average Bonchev–Trinajstić information content (AvgIpc) is 2.88. The van der Waals surface area contributed by atoms with Gasteiger partial charge in [-0.15, -0.1) is 5.10 Å². The lowest BCUT2D eigenvalue weighted by Gasteiger charge is -2.30. The second-order valence-corrected chi connectivity index (χ2v) is 5.93. The van der Waals surface area contributed by atoms with Crippen LogP contribution >= 0.6 is 0 Å². The lowest BCUT2D eigenvalue weighted by atomic mass is 9.99. The maximum absolute atomic E-state index is 12.7. The van der Waals surface area contributed by atoms with Gasteiger partial charge in [0.25, 0.3) is 5.91 Å². The first-order valence-corrected chi connectivity index (χ1v) is 8.15. The van der Waals surface area contributed by atoms with Crippen LogP contribution in [-0.2, 0) is 6.54 Å². The fourth-order valence-corrected chi connectivity index (χ4v) is 2.58. The van der Waals surface area contributed by atoms with E-state index in [-0.39, 0.29) is 5.91 Å². The minimum Gasteiger partial charge on any atom is -0.476 e. The fraction of sp³-hybridized carbons (Fsp3) is 0.750. The van der Waals surface area contributed by atoms with Crippen molar-refractivity contribution >= 4 is 5.91 Å². The smallest absolute Gasteiger partial charge is 0.260 e. The molecule has 1 aromatic heterocycles. The van der Waals surface area contributed by atoms with E-state index < -0.39 is 0 Å². The van der Waals surface area contributed by atoms with Gasteiger partial charge in [-0.25, -0.2) is 0 Å². The van der Waals surface area contributed by atoms with Gasteiger partial charge in [-0.05, 0) is 31.6 Å². The van der Waals surface area contributed by atoms with Crippen LogP contribution in [0.15, 0.2) is 6.20 Å². The highest BCUT2D eigenvalue weighted by Crippen LogP contribution is 2.23. The highest BCUT2D eigenvalue weighted by molar-refractivity contribution is 5.96. The summed E-state index contributed by atoms with van der Waals surface area (Å²) in [4.78, 5) is 14.6. The van der Waals surface area contributed by atoms with E-state index in [1.54, 1.807) is 0 Å². The van der Waals surface area contributed by atoms with Crippen LogP contribution in [-0.4, -0.2) is 40.3 Å². The number of ether oxygens (including phenoxy) is 1. The largest absolute Gasteiger partial charge is 0.476 e. The van der Waals surface area contributed by atoms with E-state index in [9.17, 15) is 4.79 Å². The van der Waals surface area contributed by atoms with Gasteiger partial charge in [-0.1, -0.05) is 20.8 Å². The first-order chi connectivity index (χ1) is 10.2. The van der Waals surface area contributed by atoms with Gasteiger partial charge in [-0.2, -0.15) is 0 Å². The summed E-state index contributed by atoms with van der Waals surface area (Å²) in [6.07, 6.45) is 5.91. The molecular weight excluding hydrogens is 266 g/mol. The molecule has 5 heteroatoms. The summed E-state index contributed by atoms with van der Waals surface area (Å²) in [6, 6.07) is 0. The zero-order valence-corrected chi connectivity index (χ0v) is 13.5. The number of carbonyl (C=O) groups is 1. The molecule has 0 saturated carbocycles. The number of aromatic nitrogens is 2. The molecule has 21 heavy (non-hydrogen) atoms. The Labute approximate surface area is 127 Å². The monoisotopic (exact) mass is 293 g/mol. The zero-order chi connectivity index (χ0) is 15.2. The fourth-order valence-electron chi connectivity index (χ4n) is 2.58. The molecule has 5 nitrogen and oxygen atoms in total. The lowest BCUT2D eigenvalue weighted by Crippen LogP contribution is -2.37. The summed E-state index contributed by atoms with van der Waals surface area (Å²) in [5, 5.41) is 4.42. The Kier molecular flexibility index (Phi) is 5.65. The second kappa shape index (κ2) is 7.48. The molecule has 2 heterocycles. The van der Waals surface area contributed by atoms with E-state index in [2.05, 4.69) is 25.9 Å². The highest BCUT2D eigenvalue weighted by atomic mass is 16.5. The van der Waals surface area contributed by atoms with Crippen molar-refractivity contribution in [1.29, 1.82) is 0 Å². The highest BCUT2D eigenvalue weighted by Gasteiger charge is 2.26. The summed E-state index contributed by atoms with van der Waals surface area (Å²) >= 11 is 0. The summed E-state index contributed by atoms with van der Waals surface area (Å²) in [5.74, 6) is 1.27. The minimum atomic E-state index is 0.0651. The van der Waals surface area contributed by atoms with Gasteiger partial charge in [0, 0.05) is 25.8 Å². The van der Waals surface area contributed by atoms with Crippen molar-refractivity contribution in [1.82, 2.24) is 14.7 Å². The summed E-state index contributed by atoms with van der Waals surface area (Å²) < 4.78 is 7.49. The Bertz CT molecular complexity index is 462. The SMILES string of the molecule is CCCOc1nn(CCC)cc1C(=O)N1CCC(C)CC1. The normalized spacial score (nSPS) is 16.2. The third-order valence-electron chi connectivity index (χ3n) is 3.92. The Morgan fingerprint density at radius 3 is 2.67 bits per heavy atom. The molecule has 1 aromatic rings. The van der Waals surface area contributed by atoms with Crippen LogP contribution in [0.25, 0.3) is 0 Å². The van der Waals surface area contributed by atoms with E-state index in [0.717, 1.165) is 45.3 Å². The number of piperidine rings is 1. The maximum Gasteiger partial charge on any atom is 0.260 e. The van der Waals surface area contributed by atoms with Crippen molar-refractivity contribution in [2.75, 3.05) is 19.7 Å². The van der Waals surface area contributed by atoms with Crippen LogP contribution in [0.5, 0.6) is 5.88 Å². The summed E-state index contributed by atoms with van der Waals surface area (Å²) in [7, 11) is 0. The predicted molar refractivity (Wildman–Crippen MR) is 82.6 cm³/mol. The Hall–Kier alpha value is -1.52. The summed E-state index contributed by atoms with van der Waals surface area (Å²) in [6.45, 7) is 9.49. The molecule has 1 fully saturated rings. The number of carbonyl (C=O) groups excluding carboxylic acids is 1. The van der Waals surface area contributed by atoms with Crippen molar-refractivity contribution in [3.63, 3.8) is 0 Å². The molecule has 1 saturated heterocycles. The molecule has 1 amide bonds. The van der Waals surface area contributed by atoms with E-state index >= 15 is 0 Å². The number of hydrogen-bond donors (Lipinski definition) is 0. The molecule has 0 N–H and O–H groups in total. The van der Waals surface area contributed by atoms with Gasteiger partial charge >= 0.3 is 0 Å². The lowest BCUT2D eigenvalue weighted by molar-refractivity contribution is 0.0692. The van der Waals surface area contributed by atoms with Crippen LogP contribution in [0.3, 0.4) is 0 Å². The van der Waals surface area contributed by atoms with Crippen molar-refractivity contribution < 1.29 is 9.53 Å². The number of hydrogen-bond acceptors (Lipinski definition) is 3. The van der Waals surface area contributed by atoms with Gasteiger partial charge in [0.15, 0.2) is 0 Å². The molecular formula is C16H27N3O2. The molecule has 118 valence electrons. The zero-order valence-electron chi connectivity index (χ0n) is 13.5. The standard InChI is InChI=1S/C16H27N3O2/c1-4-8-19-12-14(15(17-19)21-11-5-2)16(20)18-9-6-13(3)7-10-18/h12-13H,4-11H2,1-3H3. The Morgan fingerprint density at radius 2 is 2.05 bits per heavy atom. The van der Waals surface area contributed by atoms with Gasteiger partial charge in [0.2, 0.25) is 5.88 Å².